The molecule has 0 fully saturated rings. The molecule has 0 saturated heterocycles. The van der Waals surface area contributed by atoms with Crippen LogP contribution in [0.2, 0.25) is 0 Å². The number of ether oxygens (including phenoxy) is 1. The molecule has 1 unspecified atom stereocenters. The van der Waals surface area contributed by atoms with Crippen molar-refractivity contribution in [2.24, 2.45) is 0 Å². The van der Waals surface area contributed by atoms with Crippen LogP contribution < -0.4 is 0 Å². The zero-order valence-electron chi connectivity index (χ0n) is 6.92. The van der Waals surface area contributed by atoms with E-state index >= 15 is 0 Å². The Hall–Kier alpha value is -0.670. The van der Waals surface area contributed by atoms with Gasteiger partial charge in [0.1, 0.15) is 5.60 Å². The molecule has 0 aliphatic carbocycles. The lowest BCUT2D eigenvalue weighted by atomic mass is 9.98. The van der Waals surface area contributed by atoms with Gasteiger partial charge in [0.15, 0.2) is 11.6 Å². The Bertz CT molecular complexity index is 213. The second kappa shape index (κ2) is 2.16. The van der Waals surface area contributed by atoms with Crippen LogP contribution in [0.15, 0.2) is 12.2 Å². The van der Waals surface area contributed by atoms with E-state index in [1.54, 1.807) is 13.8 Å². The fraction of sp³-hybridized carbons (Fsp3) is 0.625. The van der Waals surface area contributed by atoms with Gasteiger partial charge in [0.2, 0.25) is 0 Å². The van der Waals surface area contributed by atoms with Gasteiger partial charge < -0.3 is 9.84 Å². The fourth-order valence-corrected chi connectivity index (χ4v) is 1.03. The van der Waals surface area contributed by atoms with Crippen molar-refractivity contribution in [1.29, 1.82) is 0 Å². The number of hydrogen-bond acceptors (Lipinski definition) is 3. The largest absolute Gasteiger partial charge is 0.362 e. The van der Waals surface area contributed by atoms with Crippen molar-refractivity contribution in [3.8, 4) is 0 Å². The van der Waals surface area contributed by atoms with E-state index in [2.05, 4.69) is 0 Å². The van der Waals surface area contributed by atoms with Gasteiger partial charge in [0.05, 0.1) is 0 Å². The van der Waals surface area contributed by atoms with Crippen LogP contribution in [0.4, 0.5) is 0 Å². The summed E-state index contributed by atoms with van der Waals surface area (Å²) in [5, 5.41) is 9.37. The quantitative estimate of drug-likeness (QED) is 0.559. The predicted molar refractivity (Wildman–Crippen MR) is 39.9 cm³/mol. The minimum absolute atomic E-state index is 0.121. The molecule has 0 amide bonds. The average molecular weight is 156 g/mol. The Kier molecular flexibility index (Phi) is 1.65. The summed E-state index contributed by atoms with van der Waals surface area (Å²) < 4.78 is 5.09. The molecule has 62 valence electrons. The van der Waals surface area contributed by atoms with Crippen LogP contribution in [0.3, 0.4) is 0 Å². The molecule has 1 N–H and O–H groups in total. The van der Waals surface area contributed by atoms with Crippen molar-refractivity contribution >= 4 is 5.78 Å². The molecule has 1 heterocycles. The van der Waals surface area contributed by atoms with Gasteiger partial charge in [-0.3, -0.25) is 4.79 Å². The lowest BCUT2D eigenvalue weighted by Gasteiger charge is -2.34. The molecule has 3 heteroatoms. The zero-order chi connectivity index (χ0) is 8.70. The van der Waals surface area contributed by atoms with E-state index in [0.29, 0.717) is 0 Å². The molecular weight excluding hydrogens is 144 g/mol. The summed E-state index contributed by atoms with van der Waals surface area (Å²) >= 11 is 0. The highest BCUT2D eigenvalue weighted by molar-refractivity contribution is 5.97. The first kappa shape index (κ1) is 8.43. The van der Waals surface area contributed by atoms with Gasteiger partial charge in [-0.05, 0) is 32.9 Å². The van der Waals surface area contributed by atoms with Gasteiger partial charge in [-0.2, -0.15) is 0 Å². The molecule has 1 rings (SSSR count). The first-order valence-electron chi connectivity index (χ1n) is 3.50. The third kappa shape index (κ3) is 1.67. The zero-order valence-corrected chi connectivity index (χ0v) is 6.92. The van der Waals surface area contributed by atoms with Gasteiger partial charge in [0.25, 0.3) is 0 Å². The van der Waals surface area contributed by atoms with E-state index in [1.165, 1.54) is 19.1 Å². The van der Waals surface area contributed by atoms with Crippen molar-refractivity contribution in [2.75, 3.05) is 0 Å². The minimum Gasteiger partial charge on any atom is -0.362 e. The molecule has 0 radical (unpaired) electrons. The van der Waals surface area contributed by atoms with E-state index in [9.17, 15) is 9.90 Å². The van der Waals surface area contributed by atoms with Gasteiger partial charge in [0, 0.05) is 0 Å². The highest BCUT2D eigenvalue weighted by Crippen LogP contribution is 2.25. The molecule has 1 atom stereocenters. The fourth-order valence-electron chi connectivity index (χ4n) is 1.03. The van der Waals surface area contributed by atoms with Crippen LogP contribution in [0.1, 0.15) is 20.8 Å². The summed E-state index contributed by atoms with van der Waals surface area (Å²) in [4.78, 5) is 11.1. The standard InChI is InChI=1S/C8H12O3/c1-7(2)6(9)4-5-8(3,10)11-7/h4-5,10H,1-3H3. The Morgan fingerprint density at radius 2 is 2.00 bits per heavy atom. The van der Waals surface area contributed by atoms with Crippen molar-refractivity contribution in [1.82, 2.24) is 0 Å². The summed E-state index contributed by atoms with van der Waals surface area (Å²) in [6.07, 6.45) is 2.70. The topological polar surface area (TPSA) is 46.5 Å². The first-order valence-corrected chi connectivity index (χ1v) is 3.50. The molecule has 11 heavy (non-hydrogen) atoms. The van der Waals surface area contributed by atoms with Crippen LogP contribution in [0.5, 0.6) is 0 Å². The van der Waals surface area contributed by atoms with Crippen LogP contribution in [0.25, 0.3) is 0 Å². The summed E-state index contributed by atoms with van der Waals surface area (Å²) in [6, 6.07) is 0. The second-order valence-corrected chi connectivity index (χ2v) is 3.36. The van der Waals surface area contributed by atoms with E-state index < -0.39 is 11.4 Å². The average Bonchev–Trinajstić information content (AvgIpc) is 1.77. The SMILES string of the molecule is CC1(O)C=CC(=O)C(C)(C)O1. The van der Waals surface area contributed by atoms with Gasteiger partial charge in [-0.25, -0.2) is 0 Å². The number of aliphatic hydroxyl groups is 1. The van der Waals surface area contributed by atoms with Crippen molar-refractivity contribution in [3.63, 3.8) is 0 Å². The number of ketones is 1. The van der Waals surface area contributed by atoms with Gasteiger partial charge in [-0.1, -0.05) is 0 Å². The molecule has 0 saturated carbocycles. The normalized spacial score (nSPS) is 35.8. The maximum atomic E-state index is 11.1. The van der Waals surface area contributed by atoms with Crippen LogP contribution in [-0.2, 0) is 9.53 Å². The Labute approximate surface area is 65.7 Å². The molecule has 0 aromatic rings. The molecule has 0 aromatic carbocycles. The number of rotatable bonds is 0. The highest BCUT2D eigenvalue weighted by atomic mass is 16.6. The Morgan fingerprint density at radius 3 is 2.36 bits per heavy atom. The van der Waals surface area contributed by atoms with Gasteiger partial charge >= 0.3 is 0 Å². The van der Waals surface area contributed by atoms with E-state index in [4.69, 9.17) is 4.74 Å². The summed E-state index contributed by atoms with van der Waals surface area (Å²) in [5.74, 6) is -1.43. The van der Waals surface area contributed by atoms with E-state index in [0.717, 1.165) is 0 Å². The smallest absolute Gasteiger partial charge is 0.186 e. The van der Waals surface area contributed by atoms with Gasteiger partial charge in [-0.15, -0.1) is 0 Å². The molecule has 1 aliphatic rings. The molecule has 0 spiro atoms. The monoisotopic (exact) mass is 156 g/mol. The number of hydrogen-bond donors (Lipinski definition) is 1. The van der Waals surface area contributed by atoms with Crippen LogP contribution >= 0.6 is 0 Å². The van der Waals surface area contributed by atoms with Crippen LogP contribution in [-0.4, -0.2) is 22.3 Å². The molecule has 3 nitrogen and oxygen atoms in total. The lowest BCUT2D eigenvalue weighted by Crippen LogP contribution is -2.46. The van der Waals surface area contributed by atoms with Crippen molar-refractivity contribution in [2.45, 2.75) is 32.2 Å². The third-order valence-electron chi connectivity index (χ3n) is 1.60. The summed E-state index contributed by atoms with van der Waals surface area (Å²) in [7, 11) is 0. The van der Waals surface area contributed by atoms with Crippen LogP contribution in [0, 0.1) is 0 Å². The Morgan fingerprint density at radius 1 is 1.45 bits per heavy atom. The number of carbonyl (C=O) groups excluding carboxylic acids is 1. The lowest BCUT2D eigenvalue weighted by molar-refractivity contribution is -0.218. The van der Waals surface area contributed by atoms with Crippen molar-refractivity contribution < 1.29 is 14.6 Å². The molecule has 0 aromatic heterocycles. The van der Waals surface area contributed by atoms with Crippen molar-refractivity contribution in [3.05, 3.63) is 12.2 Å². The summed E-state index contributed by atoms with van der Waals surface area (Å²) in [5.41, 5.74) is -0.905. The highest BCUT2D eigenvalue weighted by Gasteiger charge is 2.37. The predicted octanol–water partition coefficient (Wildman–Crippen LogP) is 0.629. The summed E-state index contributed by atoms with van der Waals surface area (Å²) in [6.45, 7) is 4.76. The third-order valence-corrected chi connectivity index (χ3v) is 1.60. The number of carbonyl (C=O) groups is 1. The second-order valence-electron chi connectivity index (χ2n) is 3.36. The first-order chi connectivity index (χ1) is 4.83. The van der Waals surface area contributed by atoms with E-state index in [-0.39, 0.29) is 5.78 Å². The maximum Gasteiger partial charge on any atom is 0.186 e. The maximum absolute atomic E-state index is 11.1. The molecular formula is C8H12O3. The minimum atomic E-state index is -1.31. The Balaban J connectivity index is 2.94. The molecule has 0 bridgehead atoms. The molecule has 1 aliphatic heterocycles. The van der Waals surface area contributed by atoms with E-state index in [1.807, 2.05) is 0 Å².